The number of nitrogens with zero attached hydrogens (tertiary/aromatic N) is 1. The Kier molecular flexibility index (Phi) is 5.31. The third kappa shape index (κ3) is 4.24. The lowest BCUT2D eigenvalue weighted by Gasteiger charge is -2.14. The van der Waals surface area contributed by atoms with Crippen molar-refractivity contribution in [1.82, 2.24) is 4.90 Å². The Labute approximate surface area is 144 Å². The minimum absolute atomic E-state index is 0.0555. The first-order valence-electron chi connectivity index (χ1n) is 8.84. The highest BCUT2D eigenvalue weighted by molar-refractivity contribution is 6.04. The molecule has 1 aliphatic rings. The van der Waals surface area contributed by atoms with Gasteiger partial charge in [0, 0.05) is 17.8 Å². The number of likely N-dealkylation sites (tertiary alicyclic amines) is 1. The van der Waals surface area contributed by atoms with Gasteiger partial charge in [-0.05, 0) is 67.2 Å². The van der Waals surface area contributed by atoms with Crippen molar-refractivity contribution < 1.29 is 4.79 Å². The number of nitrogens with one attached hydrogen (secondary N) is 1. The molecule has 0 spiro atoms. The van der Waals surface area contributed by atoms with Gasteiger partial charge < -0.3 is 5.32 Å². The van der Waals surface area contributed by atoms with E-state index in [0.717, 1.165) is 12.2 Å². The Morgan fingerprint density at radius 2 is 1.62 bits per heavy atom. The van der Waals surface area contributed by atoms with E-state index in [0.29, 0.717) is 11.5 Å². The predicted octanol–water partition coefficient (Wildman–Crippen LogP) is 4.66. The summed E-state index contributed by atoms with van der Waals surface area (Å²) in [6.45, 7) is 7.69. The van der Waals surface area contributed by atoms with Gasteiger partial charge in [-0.25, -0.2) is 0 Å². The average molecular weight is 322 g/mol. The topological polar surface area (TPSA) is 32.3 Å². The highest BCUT2D eigenvalue weighted by atomic mass is 16.1. The lowest BCUT2D eigenvalue weighted by Crippen LogP contribution is -2.18. The molecule has 0 bridgehead atoms. The van der Waals surface area contributed by atoms with Gasteiger partial charge in [0.1, 0.15) is 0 Å². The maximum Gasteiger partial charge on any atom is 0.255 e. The molecule has 2 aromatic carbocycles. The van der Waals surface area contributed by atoms with Gasteiger partial charge in [0.15, 0.2) is 0 Å². The molecule has 3 heteroatoms. The molecule has 1 fully saturated rings. The van der Waals surface area contributed by atoms with Crippen molar-refractivity contribution >= 4 is 11.6 Å². The molecule has 1 heterocycles. The summed E-state index contributed by atoms with van der Waals surface area (Å²) in [6, 6.07) is 16.0. The van der Waals surface area contributed by atoms with Gasteiger partial charge in [-0.15, -0.1) is 0 Å². The van der Waals surface area contributed by atoms with Crippen molar-refractivity contribution in [2.45, 2.75) is 39.2 Å². The smallest absolute Gasteiger partial charge is 0.255 e. The van der Waals surface area contributed by atoms with Gasteiger partial charge in [0.2, 0.25) is 0 Å². The summed E-state index contributed by atoms with van der Waals surface area (Å²) in [5.41, 5.74) is 4.09. The summed E-state index contributed by atoms with van der Waals surface area (Å²) in [4.78, 5) is 14.8. The van der Waals surface area contributed by atoms with Crippen LogP contribution in [-0.4, -0.2) is 23.9 Å². The van der Waals surface area contributed by atoms with E-state index >= 15 is 0 Å². The number of benzene rings is 2. The fraction of sp³-hybridized carbons (Fsp3) is 0.381. The second-order valence-corrected chi connectivity index (χ2v) is 6.91. The van der Waals surface area contributed by atoms with Crippen molar-refractivity contribution in [2.75, 3.05) is 18.4 Å². The van der Waals surface area contributed by atoms with Gasteiger partial charge in [-0.3, -0.25) is 9.69 Å². The summed E-state index contributed by atoms with van der Waals surface area (Å²) < 4.78 is 0. The average Bonchev–Trinajstić information content (AvgIpc) is 3.09. The van der Waals surface area contributed by atoms with Crippen LogP contribution in [0.4, 0.5) is 5.69 Å². The van der Waals surface area contributed by atoms with E-state index < -0.39 is 0 Å². The maximum absolute atomic E-state index is 12.4. The SMILES string of the molecule is CC(C)c1ccc(NC(=O)c2ccc(CN3CCCC3)cc2)cc1. The second-order valence-electron chi connectivity index (χ2n) is 6.91. The van der Waals surface area contributed by atoms with Crippen molar-refractivity contribution in [3.8, 4) is 0 Å². The molecule has 2 aromatic rings. The molecule has 3 rings (SSSR count). The number of hydrogen-bond donors (Lipinski definition) is 1. The molecular weight excluding hydrogens is 296 g/mol. The predicted molar refractivity (Wildman–Crippen MR) is 99.4 cm³/mol. The van der Waals surface area contributed by atoms with Crippen LogP contribution in [0.2, 0.25) is 0 Å². The fourth-order valence-corrected chi connectivity index (χ4v) is 3.12. The third-order valence-electron chi connectivity index (χ3n) is 4.66. The highest BCUT2D eigenvalue weighted by Gasteiger charge is 2.12. The van der Waals surface area contributed by atoms with Crippen molar-refractivity contribution in [2.24, 2.45) is 0 Å². The molecule has 126 valence electrons. The zero-order chi connectivity index (χ0) is 16.9. The molecule has 1 amide bonds. The van der Waals surface area contributed by atoms with Crippen LogP contribution < -0.4 is 5.32 Å². The van der Waals surface area contributed by atoms with Crippen LogP contribution in [0.15, 0.2) is 48.5 Å². The quantitative estimate of drug-likeness (QED) is 0.868. The van der Waals surface area contributed by atoms with Gasteiger partial charge in [0.25, 0.3) is 5.91 Å². The van der Waals surface area contributed by atoms with E-state index in [-0.39, 0.29) is 5.91 Å². The van der Waals surface area contributed by atoms with Crippen molar-refractivity contribution in [3.63, 3.8) is 0 Å². The number of carbonyl (C=O) groups is 1. The van der Waals surface area contributed by atoms with E-state index in [1.54, 1.807) is 0 Å². The Bertz CT molecular complexity index is 668. The molecule has 1 N–H and O–H groups in total. The highest BCUT2D eigenvalue weighted by Crippen LogP contribution is 2.18. The summed E-state index contributed by atoms with van der Waals surface area (Å²) in [5, 5.41) is 2.97. The van der Waals surface area contributed by atoms with Crippen LogP contribution in [0.25, 0.3) is 0 Å². The van der Waals surface area contributed by atoms with Gasteiger partial charge >= 0.3 is 0 Å². The molecule has 3 nitrogen and oxygen atoms in total. The monoisotopic (exact) mass is 322 g/mol. The summed E-state index contributed by atoms with van der Waals surface area (Å²) >= 11 is 0. The Morgan fingerprint density at radius 3 is 2.21 bits per heavy atom. The molecule has 0 saturated carbocycles. The molecule has 0 unspecified atom stereocenters. The minimum atomic E-state index is -0.0555. The van der Waals surface area contributed by atoms with Crippen LogP contribution in [0, 0.1) is 0 Å². The van der Waals surface area contributed by atoms with Gasteiger partial charge in [0.05, 0.1) is 0 Å². The molecule has 24 heavy (non-hydrogen) atoms. The fourth-order valence-electron chi connectivity index (χ4n) is 3.12. The molecule has 0 aliphatic carbocycles. The normalized spacial score (nSPS) is 15.0. The molecule has 1 aliphatic heterocycles. The zero-order valence-corrected chi connectivity index (χ0v) is 14.6. The standard InChI is InChI=1S/C21H26N2O/c1-16(2)18-9-11-20(12-10-18)22-21(24)19-7-5-17(6-8-19)15-23-13-3-4-14-23/h5-12,16H,3-4,13-15H2,1-2H3,(H,22,24). The van der Waals surface area contributed by atoms with Crippen LogP contribution in [0.1, 0.15) is 54.1 Å². The molecule has 1 saturated heterocycles. The van der Waals surface area contributed by atoms with Gasteiger partial charge in [-0.1, -0.05) is 38.1 Å². The molecule has 0 aromatic heterocycles. The number of hydrogen-bond acceptors (Lipinski definition) is 2. The van der Waals surface area contributed by atoms with Crippen molar-refractivity contribution in [3.05, 3.63) is 65.2 Å². The van der Waals surface area contributed by atoms with E-state index in [1.807, 2.05) is 24.3 Å². The third-order valence-corrected chi connectivity index (χ3v) is 4.66. The number of rotatable bonds is 5. The number of anilines is 1. The van der Waals surface area contributed by atoms with Crippen molar-refractivity contribution in [1.29, 1.82) is 0 Å². The van der Waals surface area contributed by atoms with Crippen LogP contribution >= 0.6 is 0 Å². The van der Waals surface area contributed by atoms with E-state index in [4.69, 9.17) is 0 Å². The molecular formula is C21H26N2O. The second kappa shape index (κ2) is 7.63. The van der Waals surface area contributed by atoms with Crippen LogP contribution in [-0.2, 0) is 6.54 Å². The van der Waals surface area contributed by atoms with Crippen LogP contribution in [0.3, 0.4) is 0 Å². The largest absolute Gasteiger partial charge is 0.322 e. The first-order valence-corrected chi connectivity index (χ1v) is 8.84. The summed E-state index contributed by atoms with van der Waals surface area (Å²) in [5.74, 6) is 0.443. The Hall–Kier alpha value is -2.13. The molecule has 0 atom stereocenters. The Morgan fingerprint density at radius 1 is 1.00 bits per heavy atom. The minimum Gasteiger partial charge on any atom is -0.322 e. The molecule has 0 radical (unpaired) electrons. The Balaban J connectivity index is 1.60. The first-order chi connectivity index (χ1) is 11.6. The van der Waals surface area contributed by atoms with Gasteiger partial charge in [-0.2, -0.15) is 0 Å². The lowest BCUT2D eigenvalue weighted by atomic mass is 10.0. The lowest BCUT2D eigenvalue weighted by molar-refractivity contribution is 0.102. The number of amides is 1. The summed E-state index contributed by atoms with van der Waals surface area (Å²) in [6.07, 6.45) is 2.60. The number of carbonyl (C=O) groups excluding carboxylic acids is 1. The summed E-state index contributed by atoms with van der Waals surface area (Å²) in [7, 11) is 0. The van der Waals surface area contributed by atoms with E-state index in [1.165, 1.54) is 37.1 Å². The zero-order valence-electron chi connectivity index (χ0n) is 14.6. The first kappa shape index (κ1) is 16.7. The van der Waals surface area contributed by atoms with Crippen LogP contribution in [0.5, 0.6) is 0 Å². The van der Waals surface area contributed by atoms with E-state index in [9.17, 15) is 4.79 Å². The van der Waals surface area contributed by atoms with E-state index in [2.05, 4.69) is 48.3 Å². The maximum atomic E-state index is 12.4.